The van der Waals surface area contributed by atoms with Crippen LogP contribution in [0.3, 0.4) is 0 Å². The summed E-state index contributed by atoms with van der Waals surface area (Å²) >= 11 is 0. The summed E-state index contributed by atoms with van der Waals surface area (Å²) in [4.78, 5) is 15.0. The maximum absolute atomic E-state index is 13.0. The van der Waals surface area contributed by atoms with Crippen LogP contribution in [-0.2, 0) is 9.53 Å². The summed E-state index contributed by atoms with van der Waals surface area (Å²) in [5, 5.41) is 0. The highest BCUT2D eigenvalue weighted by molar-refractivity contribution is 5.89. The lowest BCUT2D eigenvalue weighted by Gasteiger charge is -2.59. The van der Waals surface area contributed by atoms with E-state index in [0.29, 0.717) is 13.0 Å². The second kappa shape index (κ2) is 7.10. The number of rotatable bonds is 6. The molecule has 1 amide bonds. The number of hydrogen-bond acceptors (Lipinski definition) is 3. The highest BCUT2D eigenvalue weighted by atomic mass is 16.5. The minimum Gasteiger partial charge on any atom is -0.378 e. The third-order valence-corrected chi connectivity index (χ3v) is 6.27. The predicted octanol–water partition coefficient (Wildman–Crippen LogP) is 3.19. The van der Waals surface area contributed by atoms with Crippen molar-refractivity contribution in [3.05, 3.63) is 0 Å². The monoisotopic (exact) mass is 324 g/mol. The van der Waals surface area contributed by atoms with Crippen molar-refractivity contribution in [2.75, 3.05) is 19.7 Å². The second-order valence-electron chi connectivity index (χ2n) is 8.55. The molecule has 0 bridgehead atoms. The second-order valence-corrected chi connectivity index (χ2v) is 8.55. The molecule has 1 heterocycles. The van der Waals surface area contributed by atoms with E-state index in [1.165, 1.54) is 12.8 Å². The van der Waals surface area contributed by atoms with Crippen LogP contribution in [0.25, 0.3) is 0 Å². The molecule has 2 atom stereocenters. The largest absolute Gasteiger partial charge is 0.378 e. The van der Waals surface area contributed by atoms with Gasteiger partial charge >= 0.3 is 0 Å². The van der Waals surface area contributed by atoms with E-state index >= 15 is 0 Å². The molecule has 2 rings (SSSR count). The van der Waals surface area contributed by atoms with E-state index in [2.05, 4.69) is 27.7 Å². The Morgan fingerprint density at radius 1 is 1.30 bits per heavy atom. The summed E-state index contributed by atoms with van der Waals surface area (Å²) in [5.41, 5.74) is 5.50. The van der Waals surface area contributed by atoms with E-state index in [4.69, 9.17) is 10.5 Å². The van der Waals surface area contributed by atoms with Gasteiger partial charge in [0.2, 0.25) is 5.91 Å². The molecule has 23 heavy (non-hydrogen) atoms. The Balaban J connectivity index is 1.88. The summed E-state index contributed by atoms with van der Waals surface area (Å²) in [5.74, 6) is 1.69. The Hall–Kier alpha value is -0.610. The molecule has 0 aromatic carbocycles. The van der Waals surface area contributed by atoms with E-state index in [-0.39, 0.29) is 17.4 Å². The predicted molar refractivity (Wildman–Crippen MR) is 94.1 cm³/mol. The average molecular weight is 325 g/mol. The molecule has 1 aliphatic heterocycles. The number of nitrogens with two attached hydrogens (primary N) is 1. The molecular weight excluding hydrogens is 288 g/mol. The quantitative estimate of drug-likeness (QED) is 0.816. The van der Waals surface area contributed by atoms with Crippen LogP contribution in [0.5, 0.6) is 0 Å². The number of likely N-dealkylation sites (tertiary alicyclic amines) is 1. The first kappa shape index (κ1) is 18.7. The molecule has 1 saturated heterocycles. The van der Waals surface area contributed by atoms with Crippen LogP contribution in [0.1, 0.15) is 66.7 Å². The Labute approximate surface area is 142 Å². The molecule has 0 radical (unpaired) electrons. The molecule has 2 N–H and O–H groups in total. The van der Waals surface area contributed by atoms with Gasteiger partial charge in [0.25, 0.3) is 0 Å². The maximum Gasteiger partial charge on any atom is 0.243 e. The number of ether oxygens (including phenoxy) is 1. The van der Waals surface area contributed by atoms with Crippen molar-refractivity contribution >= 4 is 5.91 Å². The van der Waals surface area contributed by atoms with Gasteiger partial charge in [-0.25, -0.2) is 0 Å². The average Bonchev–Trinajstić information content (AvgIpc) is 2.52. The topological polar surface area (TPSA) is 55.6 Å². The first-order valence-electron chi connectivity index (χ1n) is 9.42. The van der Waals surface area contributed by atoms with Gasteiger partial charge in [0.1, 0.15) is 5.54 Å². The normalized spacial score (nSPS) is 31.3. The van der Waals surface area contributed by atoms with Crippen LogP contribution in [-0.4, -0.2) is 42.1 Å². The first-order valence-corrected chi connectivity index (χ1v) is 9.42. The highest BCUT2D eigenvalue weighted by Gasteiger charge is 2.63. The Kier molecular flexibility index (Phi) is 5.78. The minimum absolute atomic E-state index is 0.102. The number of nitrogens with zero attached hydrogens (tertiary/aromatic N) is 1. The van der Waals surface area contributed by atoms with Gasteiger partial charge in [0, 0.05) is 31.5 Å². The van der Waals surface area contributed by atoms with Gasteiger partial charge < -0.3 is 15.4 Å². The van der Waals surface area contributed by atoms with Crippen LogP contribution in [0.2, 0.25) is 0 Å². The van der Waals surface area contributed by atoms with E-state index in [1.807, 2.05) is 11.8 Å². The number of carbonyl (C=O) groups excluding carboxylic acids is 1. The lowest BCUT2D eigenvalue weighted by Crippen LogP contribution is -2.76. The molecule has 2 aliphatic rings. The SMILES string of the molecule is CCOC1CC(N)(C(=O)N2CCC(CCC(C)C)CC2)C1(C)C. The summed E-state index contributed by atoms with van der Waals surface area (Å²) < 4.78 is 5.75. The summed E-state index contributed by atoms with van der Waals surface area (Å²) in [7, 11) is 0. The Morgan fingerprint density at radius 3 is 2.39 bits per heavy atom. The van der Waals surface area contributed by atoms with Gasteiger partial charge in [-0.2, -0.15) is 0 Å². The Bertz CT molecular complexity index is 414. The number of carbonyl (C=O) groups is 1. The van der Waals surface area contributed by atoms with Crippen LogP contribution >= 0.6 is 0 Å². The fourth-order valence-electron chi connectivity index (χ4n) is 4.07. The van der Waals surface area contributed by atoms with Gasteiger partial charge in [-0.3, -0.25) is 4.79 Å². The van der Waals surface area contributed by atoms with Gasteiger partial charge in [0.05, 0.1) is 6.10 Å². The molecule has 4 heteroatoms. The van der Waals surface area contributed by atoms with Crippen molar-refractivity contribution in [3.63, 3.8) is 0 Å². The van der Waals surface area contributed by atoms with Crippen LogP contribution in [0, 0.1) is 17.3 Å². The first-order chi connectivity index (χ1) is 10.7. The van der Waals surface area contributed by atoms with Crippen LogP contribution in [0.4, 0.5) is 0 Å². The number of hydrogen-bond donors (Lipinski definition) is 1. The maximum atomic E-state index is 13.0. The summed E-state index contributed by atoms with van der Waals surface area (Å²) in [6, 6.07) is 0. The minimum atomic E-state index is -0.752. The molecular formula is C19H36N2O2. The third kappa shape index (κ3) is 3.58. The van der Waals surface area contributed by atoms with E-state index < -0.39 is 5.54 Å². The molecule has 0 aromatic rings. The van der Waals surface area contributed by atoms with E-state index in [9.17, 15) is 4.79 Å². The molecule has 2 unspecified atom stereocenters. The van der Waals surface area contributed by atoms with Crippen LogP contribution in [0.15, 0.2) is 0 Å². The summed E-state index contributed by atoms with van der Waals surface area (Å²) in [6.07, 6.45) is 5.60. The lowest BCUT2D eigenvalue weighted by molar-refractivity contribution is -0.180. The van der Waals surface area contributed by atoms with Gasteiger partial charge in [-0.05, 0) is 31.6 Å². The smallest absolute Gasteiger partial charge is 0.243 e. The molecule has 4 nitrogen and oxygen atoms in total. The van der Waals surface area contributed by atoms with Crippen molar-refractivity contribution in [1.82, 2.24) is 4.90 Å². The standard InChI is InChI=1S/C19H36N2O2/c1-6-23-16-13-19(20,18(16,4)5)17(22)21-11-9-15(10-12-21)8-7-14(2)3/h14-16H,6-13,20H2,1-5H3. The molecule has 0 aromatic heterocycles. The summed E-state index contributed by atoms with van der Waals surface area (Å²) in [6.45, 7) is 13.1. The fraction of sp³-hybridized carbons (Fsp3) is 0.947. The Morgan fingerprint density at radius 2 is 1.91 bits per heavy atom. The fourth-order valence-corrected chi connectivity index (χ4v) is 4.07. The van der Waals surface area contributed by atoms with Gasteiger partial charge in [0.15, 0.2) is 0 Å². The molecule has 1 saturated carbocycles. The molecule has 0 spiro atoms. The van der Waals surface area contributed by atoms with Crippen molar-refractivity contribution in [2.45, 2.75) is 78.4 Å². The third-order valence-electron chi connectivity index (χ3n) is 6.27. The van der Waals surface area contributed by atoms with Crippen molar-refractivity contribution in [3.8, 4) is 0 Å². The number of piperidine rings is 1. The number of amides is 1. The van der Waals surface area contributed by atoms with Crippen molar-refractivity contribution < 1.29 is 9.53 Å². The van der Waals surface area contributed by atoms with Crippen molar-refractivity contribution in [1.29, 1.82) is 0 Å². The van der Waals surface area contributed by atoms with Crippen molar-refractivity contribution in [2.24, 2.45) is 23.0 Å². The van der Waals surface area contributed by atoms with Gasteiger partial charge in [-0.15, -0.1) is 0 Å². The van der Waals surface area contributed by atoms with Gasteiger partial charge in [-0.1, -0.05) is 40.5 Å². The molecule has 1 aliphatic carbocycles. The van der Waals surface area contributed by atoms with Crippen LogP contribution < -0.4 is 5.73 Å². The highest BCUT2D eigenvalue weighted by Crippen LogP contribution is 2.50. The lowest BCUT2D eigenvalue weighted by atomic mass is 9.54. The zero-order chi connectivity index (χ0) is 17.3. The van der Waals surface area contributed by atoms with E-state index in [0.717, 1.165) is 37.8 Å². The molecule has 134 valence electrons. The zero-order valence-electron chi connectivity index (χ0n) is 15.7. The van der Waals surface area contributed by atoms with E-state index in [1.54, 1.807) is 0 Å². The molecule has 2 fully saturated rings. The zero-order valence-corrected chi connectivity index (χ0v) is 15.7.